The summed E-state index contributed by atoms with van der Waals surface area (Å²) in [7, 11) is 1.85. The van der Waals surface area contributed by atoms with Crippen molar-refractivity contribution in [3.8, 4) is 11.6 Å². The molecule has 2 aromatic heterocycles. The maximum absolute atomic E-state index is 6.03. The second kappa shape index (κ2) is 3.66. The molecule has 2 aromatic rings. The first-order chi connectivity index (χ1) is 8.15. The molecular weight excluding hydrogens is 218 g/mol. The lowest BCUT2D eigenvalue weighted by Gasteiger charge is -2.01. The van der Waals surface area contributed by atoms with E-state index in [4.69, 9.17) is 10.3 Å². The van der Waals surface area contributed by atoms with Crippen LogP contribution in [0.25, 0.3) is 11.6 Å². The fourth-order valence-corrected chi connectivity index (χ4v) is 1.95. The van der Waals surface area contributed by atoms with Crippen LogP contribution in [0, 0.1) is 12.8 Å². The van der Waals surface area contributed by atoms with E-state index < -0.39 is 0 Å². The predicted molar refractivity (Wildman–Crippen MR) is 60.9 cm³/mol. The van der Waals surface area contributed by atoms with Crippen molar-refractivity contribution < 1.29 is 4.52 Å². The summed E-state index contributed by atoms with van der Waals surface area (Å²) in [4.78, 5) is 4.35. The summed E-state index contributed by atoms with van der Waals surface area (Å²) in [5, 5.41) is 8.20. The Labute approximate surface area is 98.8 Å². The first-order valence-electron chi connectivity index (χ1n) is 5.75. The van der Waals surface area contributed by atoms with Gasteiger partial charge in [-0.05, 0) is 31.7 Å². The van der Waals surface area contributed by atoms with E-state index in [0.717, 1.165) is 24.2 Å². The number of rotatable bonds is 3. The number of nitrogens with zero attached hydrogens (tertiary/aromatic N) is 4. The van der Waals surface area contributed by atoms with E-state index in [1.807, 2.05) is 20.0 Å². The summed E-state index contributed by atoms with van der Waals surface area (Å²) in [6, 6.07) is 1.82. The fourth-order valence-electron chi connectivity index (χ4n) is 1.95. The Balaban J connectivity index is 1.91. The average Bonchev–Trinajstić information content (AvgIpc) is 2.93. The van der Waals surface area contributed by atoms with Crippen LogP contribution in [0.4, 0.5) is 0 Å². The molecule has 0 amide bonds. The molecule has 1 aliphatic carbocycles. The van der Waals surface area contributed by atoms with Gasteiger partial charge in [0.05, 0.1) is 11.7 Å². The minimum atomic E-state index is -0.0955. The van der Waals surface area contributed by atoms with Gasteiger partial charge in [-0.15, -0.1) is 0 Å². The molecule has 2 heterocycles. The van der Waals surface area contributed by atoms with Gasteiger partial charge in [-0.2, -0.15) is 10.1 Å². The Morgan fingerprint density at radius 2 is 2.29 bits per heavy atom. The van der Waals surface area contributed by atoms with Crippen LogP contribution in [0.1, 0.15) is 30.4 Å². The summed E-state index contributed by atoms with van der Waals surface area (Å²) >= 11 is 0. The molecule has 0 radical (unpaired) electrons. The zero-order valence-electron chi connectivity index (χ0n) is 9.92. The van der Waals surface area contributed by atoms with Crippen molar-refractivity contribution in [2.24, 2.45) is 18.7 Å². The Bertz CT molecular complexity index is 540. The lowest BCUT2D eigenvalue weighted by Crippen LogP contribution is -2.13. The van der Waals surface area contributed by atoms with Crippen LogP contribution < -0.4 is 5.73 Å². The highest BCUT2D eigenvalue weighted by Gasteiger charge is 2.32. The zero-order valence-corrected chi connectivity index (χ0v) is 9.92. The first kappa shape index (κ1) is 10.5. The lowest BCUT2D eigenvalue weighted by atomic mass is 10.2. The Hall–Kier alpha value is -1.69. The first-order valence-corrected chi connectivity index (χ1v) is 5.75. The Morgan fingerprint density at radius 3 is 2.88 bits per heavy atom. The average molecular weight is 233 g/mol. The highest BCUT2D eigenvalue weighted by atomic mass is 16.5. The van der Waals surface area contributed by atoms with Crippen LogP contribution in [0.5, 0.6) is 0 Å². The highest BCUT2D eigenvalue weighted by molar-refractivity contribution is 5.47. The molecule has 0 saturated heterocycles. The van der Waals surface area contributed by atoms with Crippen molar-refractivity contribution in [1.82, 2.24) is 19.9 Å². The molecule has 0 aliphatic heterocycles. The van der Waals surface area contributed by atoms with Crippen molar-refractivity contribution in [3.05, 3.63) is 17.6 Å². The smallest absolute Gasteiger partial charge is 0.276 e. The van der Waals surface area contributed by atoms with Gasteiger partial charge in [-0.1, -0.05) is 5.16 Å². The molecule has 1 saturated carbocycles. The number of hydrogen-bond donors (Lipinski definition) is 1. The van der Waals surface area contributed by atoms with Crippen molar-refractivity contribution in [1.29, 1.82) is 0 Å². The quantitative estimate of drug-likeness (QED) is 0.860. The van der Waals surface area contributed by atoms with Crippen molar-refractivity contribution in [2.75, 3.05) is 0 Å². The highest BCUT2D eigenvalue weighted by Crippen LogP contribution is 2.38. The molecule has 6 heteroatoms. The van der Waals surface area contributed by atoms with E-state index in [2.05, 4.69) is 15.2 Å². The van der Waals surface area contributed by atoms with Gasteiger partial charge in [-0.25, -0.2) is 0 Å². The molecule has 1 aliphatic rings. The topological polar surface area (TPSA) is 82.8 Å². The van der Waals surface area contributed by atoms with Crippen LogP contribution in [0.15, 0.2) is 10.6 Å². The Morgan fingerprint density at radius 1 is 1.53 bits per heavy atom. The number of nitrogens with two attached hydrogens (primary N) is 1. The van der Waals surface area contributed by atoms with E-state index >= 15 is 0 Å². The van der Waals surface area contributed by atoms with Gasteiger partial charge in [0.2, 0.25) is 0 Å². The third kappa shape index (κ3) is 1.84. The third-order valence-electron chi connectivity index (χ3n) is 3.09. The van der Waals surface area contributed by atoms with E-state index in [-0.39, 0.29) is 6.04 Å². The predicted octanol–water partition coefficient (Wildman–Crippen LogP) is 1.19. The summed E-state index contributed by atoms with van der Waals surface area (Å²) in [6.07, 6.45) is 2.33. The van der Waals surface area contributed by atoms with E-state index in [1.54, 1.807) is 4.68 Å². The van der Waals surface area contributed by atoms with Gasteiger partial charge >= 0.3 is 0 Å². The molecule has 6 nitrogen and oxygen atoms in total. The van der Waals surface area contributed by atoms with Gasteiger partial charge in [0, 0.05) is 7.05 Å². The van der Waals surface area contributed by atoms with Gasteiger partial charge in [0.1, 0.15) is 5.69 Å². The maximum atomic E-state index is 6.03. The lowest BCUT2D eigenvalue weighted by molar-refractivity contribution is 0.409. The molecule has 1 unspecified atom stereocenters. The third-order valence-corrected chi connectivity index (χ3v) is 3.09. The van der Waals surface area contributed by atoms with Crippen LogP contribution >= 0.6 is 0 Å². The second-order valence-electron chi connectivity index (χ2n) is 4.62. The van der Waals surface area contributed by atoms with Gasteiger partial charge in [0.15, 0.2) is 5.82 Å². The molecule has 1 fully saturated rings. The van der Waals surface area contributed by atoms with Crippen molar-refractivity contribution in [2.45, 2.75) is 25.8 Å². The normalized spacial score (nSPS) is 17.4. The standard InChI is InChI=1S/C11H15N5O/c1-6-5-8(16(2)14-6)11-13-10(15-17-11)9(12)7-3-4-7/h5,7,9H,3-4,12H2,1-2H3. The minimum Gasteiger partial charge on any atom is -0.332 e. The molecule has 0 aromatic carbocycles. The summed E-state index contributed by atoms with van der Waals surface area (Å²) in [6.45, 7) is 1.93. The van der Waals surface area contributed by atoms with Gasteiger partial charge in [-0.3, -0.25) is 4.68 Å². The van der Waals surface area contributed by atoms with Crippen molar-refractivity contribution >= 4 is 0 Å². The van der Waals surface area contributed by atoms with Crippen LogP contribution in [0.2, 0.25) is 0 Å². The molecular formula is C11H15N5O. The number of hydrogen-bond acceptors (Lipinski definition) is 5. The SMILES string of the molecule is Cc1cc(-c2nc(C(N)C3CC3)no2)n(C)n1. The number of aryl methyl sites for hydroxylation is 2. The Kier molecular flexibility index (Phi) is 2.25. The minimum absolute atomic E-state index is 0.0955. The van der Waals surface area contributed by atoms with Crippen LogP contribution in [-0.2, 0) is 7.05 Å². The zero-order chi connectivity index (χ0) is 12.0. The largest absolute Gasteiger partial charge is 0.332 e. The van der Waals surface area contributed by atoms with E-state index in [1.165, 1.54) is 0 Å². The summed E-state index contributed by atoms with van der Waals surface area (Å²) < 4.78 is 6.97. The molecule has 3 rings (SSSR count). The second-order valence-corrected chi connectivity index (χ2v) is 4.62. The van der Waals surface area contributed by atoms with Crippen LogP contribution in [0.3, 0.4) is 0 Å². The summed E-state index contributed by atoms with van der Waals surface area (Å²) in [5.74, 6) is 1.61. The fraction of sp³-hybridized carbons (Fsp3) is 0.545. The molecule has 0 spiro atoms. The van der Waals surface area contributed by atoms with Gasteiger partial charge < -0.3 is 10.3 Å². The molecule has 90 valence electrons. The summed E-state index contributed by atoms with van der Waals surface area (Å²) in [5.41, 5.74) is 7.78. The molecule has 2 N–H and O–H groups in total. The monoisotopic (exact) mass is 233 g/mol. The van der Waals surface area contributed by atoms with Crippen LogP contribution in [-0.4, -0.2) is 19.9 Å². The number of aromatic nitrogens is 4. The maximum Gasteiger partial charge on any atom is 0.276 e. The molecule has 1 atom stereocenters. The molecule has 0 bridgehead atoms. The van der Waals surface area contributed by atoms with E-state index in [0.29, 0.717) is 17.6 Å². The molecule has 17 heavy (non-hydrogen) atoms. The van der Waals surface area contributed by atoms with Crippen molar-refractivity contribution in [3.63, 3.8) is 0 Å². The van der Waals surface area contributed by atoms with E-state index in [9.17, 15) is 0 Å². The van der Waals surface area contributed by atoms with Gasteiger partial charge in [0.25, 0.3) is 5.89 Å².